The predicted molar refractivity (Wildman–Crippen MR) is 133 cm³/mol. The molecule has 1 aromatic rings. The van der Waals surface area contributed by atoms with Crippen molar-refractivity contribution in [1.82, 2.24) is 5.32 Å². The van der Waals surface area contributed by atoms with E-state index in [-0.39, 0.29) is 25.1 Å². The van der Waals surface area contributed by atoms with Gasteiger partial charge in [0.1, 0.15) is 17.8 Å². The smallest absolute Gasteiger partial charge is 0.407 e. The van der Waals surface area contributed by atoms with Gasteiger partial charge in [-0.25, -0.2) is 9.59 Å². The minimum atomic E-state index is -0.639. The van der Waals surface area contributed by atoms with Gasteiger partial charge in [0, 0.05) is 6.42 Å². The summed E-state index contributed by atoms with van der Waals surface area (Å²) >= 11 is 0. The summed E-state index contributed by atoms with van der Waals surface area (Å²) in [5.41, 5.74) is 6.11. The molecule has 0 aliphatic heterocycles. The Bertz CT molecular complexity index is 828. The topological polar surface area (TPSA) is 126 Å². The van der Waals surface area contributed by atoms with Crippen molar-refractivity contribution < 1.29 is 33.3 Å². The van der Waals surface area contributed by atoms with Crippen molar-refractivity contribution in [3.8, 4) is 0 Å². The van der Waals surface area contributed by atoms with E-state index < -0.39 is 29.2 Å². The number of carbonyl (C=O) groups excluding carboxylic acids is 3. The van der Waals surface area contributed by atoms with Gasteiger partial charge in [-0.3, -0.25) is 4.79 Å². The molecule has 0 saturated carbocycles. The fourth-order valence-electron chi connectivity index (χ4n) is 3.12. The van der Waals surface area contributed by atoms with Crippen LogP contribution in [0.1, 0.15) is 72.4 Å². The molecule has 9 heteroatoms. The highest BCUT2D eigenvalue weighted by atomic mass is 16.6. The molecule has 1 aromatic carbocycles. The van der Waals surface area contributed by atoms with Gasteiger partial charge in [-0.2, -0.15) is 0 Å². The number of hydrogen-bond donors (Lipinski definition) is 2. The number of primary amides is 1. The Balaban J connectivity index is 2.59. The van der Waals surface area contributed by atoms with Gasteiger partial charge in [-0.1, -0.05) is 24.3 Å². The largest absolute Gasteiger partial charge is 0.458 e. The van der Waals surface area contributed by atoms with Crippen LogP contribution in [0.3, 0.4) is 0 Å². The van der Waals surface area contributed by atoms with Gasteiger partial charge in [-0.15, -0.1) is 0 Å². The van der Waals surface area contributed by atoms with Gasteiger partial charge in [0.2, 0.25) is 5.91 Å². The van der Waals surface area contributed by atoms with Crippen molar-refractivity contribution >= 4 is 18.0 Å². The summed E-state index contributed by atoms with van der Waals surface area (Å²) in [7, 11) is 0. The van der Waals surface area contributed by atoms with E-state index >= 15 is 0 Å². The maximum Gasteiger partial charge on any atom is 0.407 e. The van der Waals surface area contributed by atoms with E-state index in [1.54, 1.807) is 20.8 Å². The third-order valence-electron chi connectivity index (χ3n) is 4.65. The third-order valence-corrected chi connectivity index (χ3v) is 4.65. The zero-order valence-electron chi connectivity index (χ0n) is 22.1. The molecule has 3 N–H and O–H groups in total. The summed E-state index contributed by atoms with van der Waals surface area (Å²) in [6.07, 6.45) is 0.129. The monoisotopic (exact) mass is 494 g/mol. The number of benzene rings is 1. The summed E-state index contributed by atoms with van der Waals surface area (Å²) < 4.78 is 22.0. The Hall–Kier alpha value is -2.65. The summed E-state index contributed by atoms with van der Waals surface area (Å²) in [5, 5.41) is 2.79. The number of rotatable bonds is 13. The molecule has 0 spiro atoms. The second-order valence-electron chi connectivity index (χ2n) is 10.5. The highest BCUT2D eigenvalue weighted by Gasteiger charge is 2.24. The van der Waals surface area contributed by atoms with Gasteiger partial charge < -0.3 is 30.0 Å². The number of esters is 1. The van der Waals surface area contributed by atoms with Gasteiger partial charge in [-0.05, 0) is 72.4 Å². The molecule has 0 fully saturated rings. The molecule has 0 aliphatic rings. The maximum atomic E-state index is 12.2. The molecule has 0 unspecified atom stereocenters. The zero-order chi connectivity index (χ0) is 26.6. The molecule has 0 saturated heterocycles. The molecular formula is C26H42N2O7. The number of amides is 2. The molecule has 0 heterocycles. The van der Waals surface area contributed by atoms with Crippen molar-refractivity contribution in [3.63, 3.8) is 0 Å². The maximum absolute atomic E-state index is 12.2. The third kappa shape index (κ3) is 15.1. The van der Waals surface area contributed by atoms with E-state index in [2.05, 4.69) is 5.32 Å². The van der Waals surface area contributed by atoms with Crippen molar-refractivity contribution in [2.24, 2.45) is 5.73 Å². The molecule has 0 aliphatic carbocycles. The standard InChI is InChI=1S/C26H42N2O7/c1-18(21(11-12-22(27)29)28-24(31)35-26(5,6)7)33-16-20-10-8-9-19(15-20)13-14-32-17-23(30)34-25(2,3)4/h8-10,15,18,21H,11-14,16-17H2,1-7H3,(H2,27,29)(H,28,31)/t18-,21+/m1/s1. The predicted octanol–water partition coefficient (Wildman–Crippen LogP) is 3.65. The molecule has 2 amide bonds. The lowest BCUT2D eigenvalue weighted by Crippen LogP contribution is -2.45. The molecule has 1 rings (SSSR count). The van der Waals surface area contributed by atoms with Crippen LogP contribution < -0.4 is 11.1 Å². The number of nitrogens with one attached hydrogen (secondary N) is 1. The van der Waals surface area contributed by atoms with Crippen molar-refractivity contribution in [2.45, 2.75) is 97.7 Å². The zero-order valence-corrected chi connectivity index (χ0v) is 22.1. The Labute approximate surface area is 209 Å². The first-order chi connectivity index (χ1) is 16.1. The lowest BCUT2D eigenvalue weighted by atomic mass is 10.1. The quantitative estimate of drug-likeness (QED) is 0.317. The normalized spacial score (nSPS) is 13.6. The van der Waals surface area contributed by atoms with Crippen LogP contribution in [-0.4, -0.2) is 54.5 Å². The fourth-order valence-corrected chi connectivity index (χ4v) is 3.12. The van der Waals surface area contributed by atoms with E-state index in [4.69, 9.17) is 24.7 Å². The first-order valence-electron chi connectivity index (χ1n) is 11.9. The molecule has 0 radical (unpaired) electrons. The van der Waals surface area contributed by atoms with Crippen LogP contribution in [0, 0.1) is 0 Å². The number of alkyl carbamates (subject to hydrolysis) is 1. The average molecular weight is 495 g/mol. The Kier molecular flexibility index (Phi) is 12.2. The highest BCUT2D eigenvalue weighted by molar-refractivity contribution is 5.74. The first kappa shape index (κ1) is 30.4. The molecule has 2 atom stereocenters. The fraction of sp³-hybridized carbons (Fsp3) is 0.654. The minimum Gasteiger partial charge on any atom is -0.458 e. The van der Waals surface area contributed by atoms with Gasteiger partial charge in [0.05, 0.1) is 25.4 Å². The molecular weight excluding hydrogens is 452 g/mol. The van der Waals surface area contributed by atoms with E-state index in [1.165, 1.54) is 0 Å². The minimum absolute atomic E-state index is 0.0884. The number of ether oxygens (including phenoxy) is 4. The van der Waals surface area contributed by atoms with Crippen LogP contribution in [0.15, 0.2) is 24.3 Å². The Morgan fingerprint density at radius 2 is 1.63 bits per heavy atom. The summed E-state index contributed by atoms with van der Waals surface area (Å²) in [4.78, 5) is 35.2. The van der Waals surface area contributed by atoms with E-state index in [0.717, 1.165) is 11.1 Å². The summed E-state index contributed by atoms with van der Waals surface area (Å²) in [5.74, 6) is -0.839. The number of carbonyl (C=O) groups is 3. The van der Waals surface area contributed by atoms with Gasteiger partial charge in [0.25, 0.3) is 0 Å². The Morgan fingerprint density at radius 3 is 2.23 bits per heavy atom. The second-order valence-corrected chi connectivity index (χ2v) is 10.5. The first-order valence-corrected chi connectivity index (χ1v) is 11.9. The van der Waals surface area contributed by atoms with Gasteiger partial charge in [0.15, 0.2) is 0 Å². The molecule has 9 nitrogen and oxygen atoms in total. The SMILES string of the molecule is C[C@@H](OCc1cccc(CCOCC(=O)OC(C)(C)C)c1)[C@H](CCC(N)=O)NC(=O)OC(C)(C)C. The van der Waals surface area contributed by atoms with Gasteiger partial charge >= 0.3 is 12.1 Å². The van der Waals surface area contributed by atoms with Crippen LogP contribution >= 0.6 is 0 Å². The second kappa shape index (κ2) is 14.0. The van der Waals surface area contributed by atoms with Crippen LogP contribution in [0.5, 0.6) is 0 Å². The van der Waals surface area contributed by atoms with Crippen molar-refractivity contribution in [1.29, 1.82) is 0 Å². The van der Waals surface area contributed by atoms with Crippen molar-refractivity contribution in [3.05, 3.63) is 35.4 Å². The van der Waals surface area contributed by atoms with E-state index in [1.807, 2.05) is 52.0 Å². The van der Waals surface area contributed by atoms with Crippen LogP contribution in [0.2, 0.25) is 0 Å². The summed E-state index contributed by atoms with van der Waals surface area (Å²) in [6, 6.07) is 7.40. The molecule has 198 valence electrons. The van der Waals surface area contributed by atoms with Crippen molar-refractivity contribution in [2.75, 3.05) is 13.2 Å². The van der Waals surface area contributed by atoms with Crippen LogP contribution in [0.4, 0.5) is 4.79 Å². The number of nitrogens with two attached hydrogens (primary N) is 1. The van der Waals surface area contributed by atoms with E-state index in [9.17, 15) is 14.4 Å². The molecule has 0 bridgehead atoms. The molecule has 0 aromatic heterocycles. The summed E-state index contributed by atoms with van der Waals surface area (Å²) in [6.45, 7) is 13.2. The van der Waals surface area contributed by atoms with Crippen LogP contribution in [0.25, 0.3) is 0 Å². The molecule has 35 heavy (non-hydrogen) atoms. The van der Waals surface area contributed by atoms with E-state index in [0.29, 0.717) is 26.1 Å². The highest BCUT2D eigenvalue weighted by Crippen LogP contribution is 2.14. The number of hydrogen-bond acceptors (Lipinski definition) is 7. The average Bonchev–Trinajstić information content (AvgIpc) is 2.70. The Morgan fingerprint density at radius 1 is 1.00 bits per heavy atom. The van der Waals surface area contributed by atoms with Crippen LogP contribution in [-0.2, 0) is 41.6 Å². The lowest BCUT2D eigenvalue weighted by Gasteiger charge is -2.27. The lowest BCUT2D eigenvalue weighted by molar-refractivity contribution is -0.160.